The van der Waals surface area contributed by atoms with Gasteiger partial charge in [0, 0.05) is 23.6 Å². The summed E-state index contributed by atoms with van der Waals surface area (Å²) in [5, 5.41) is 11.7. The summed E-state index contributed by atoms with van der Waals surface area (Å²) >= 11 is 0. The van der Waals surface area contributed by atoms with Crippen LogP contribution in [-0.4, -0.2) is 31.7 Å². The molecule has 0 fully saturated rings. The van der Waals surface area contributed by atoms with Crippen LogP contribution < -0.4 is 11.1 Å². The maximum atomic E-state index is 12.2. The maximum Gasteiger partial charge on any atom is 0.237 e. The number of carbonyl (C=O) groups excluding carboxylic acids is 1. The molecular formula is C16H20N6O. The van der Waals surface area contributed by atoms with E-state index >= 15 is 0 Å². The first-order valence-corrected chi connectivity index (χ1v) is 7.64. The molecule has 4 N–H and O–H groups in total. The number of H-pyrrole nitrogens is 1. The molecule has 120 valence electrons. The van der Waals surface area contributed by atoms with Gasteiger partial charge in [-0.25, -0.2) is 0 Å². The zero-order chi connectivity index (χ0) is 16.2. The first-order valence-electron chi connectivity index (χ1n) is 7.64. The van der Waals surface area contributed by atoms with E-state index in [1.165, 1.54) is 0 Å². The van der Waals surface area contributed by atoms with E-state index in [0.29, 0.717) is 13.0 Å². The Morgan fingerprint density at radius 3 is 3.09 bits per heavy atom. The lowest BCUT2D eigenvalue weighted by molar-refractivity contribution is -0.122. The SMILES string of the molecule is CCn1cnnc1CNC(=O)[C@@H](N)Cc1c[nH]c2ccccc12. The molecule has 1 atom stereocenters. The molecular weight excluding hydrogens is 292 g/mol. The van der Waals surface area contributed by atoms with Crippen LogP contribution in [0.2, 0.25) is 0 Å². The largest absolute Gasteiger partial charge is 0.361 e. The number of aryl methyl sites for hydroxylation is 1. The lowest BCUT2D eigenvalue weighted by Crippen LogP contribution is -2.42. The van der Waals surface area contributed by atoms with Crippen LogP contribution in [0, 0.1) is 0 Å². The number of fused-ring (bicyclic) bond motifs is 1. The van der Waals surface area contributed by atoms with Gasteiger partial charge in [0.25, 0.3) is 0 Å². The fourth-order valence-corrected chi connectivity index (χ4v) is 2.61. The van der Waals surface area contributed by atoms with Gasteiger partial charge in [-0.15, -0.1) is 10.2 Å². The fraction of sp³-hybridized carbons (Fsp3) is 0.312. The molecule has 0 bridgehead atoms. The number of benzene rings is 1. The van der Waals surface area contributed by atoms with E-state index < -0.39 is 6.04 Å². The number of hydrogen-bond acceptors (Lipinski definition) is 4. The molecule has 0 radical (unpaired) electrons. The lowest BCUT2D eigenvalue weighted by atomic mass is 10.1. The second-order valence-corrected chi connectivity index (χ2v) is 5.42. The summed E-state index contributed by atoms with van der Waals surface area (Å²) in [6.45, 7) is 3.09. The average molecular weight is 312 g/mol. The number of nitrogens with zero attached hydrogens (tertiary/aromatic N) is 3. The minimum absolute atomic E-state index is 0.194. The lowest BCUT2D eigenvalue weighted by Gasteiger charge is -2.12. The first kappa shape index (κ1) is 15.2. The van der Waals surface area contributed by atoms with Gasteiger partial charge in [0.1, 0.15) is 6.33 Å². The molecule has 2 heterocycles. The van der Waals surface area contributed by atoms with Gasteiger partial charge in [0.15, 0.2) is 5.82 Å². The molecule has 3 rings (SSSR count). The van der Waals surface area contributed by atoms with Crippen molar-refractivity contribution >= 4 is 16.8 Å². The van der Waals surface area contributed by atoms with Crippen molar-refractivity contribution in [2.45, 2.75) is 32.5 Å². The second-order valence-electron chi connectivity index (χ2n) is 5.42. The first-order chi connectivity index (χ1) is 11.2. The molecule has 1 aromatic carbocycles. The van der Waals surface area contributed by atoms with Crippen molar-refractivity contribution in [3.05, 3.63) is 48.2 Å². The third kappa shape index (κ3) is 3.24. The number of aromatic amines is 1. The molecule has 0 spiro atoms. The summed E-state index contributed by atoms with van der Waals surface area (Å²) < 4.78 is 1.88. The number of para-hydroxylation sites is 1. The highest BCUT2D eigenvalue weighted by Gasteiger charge is 2.16. The van der Waals surface area contributed by atoms with E-state index in [0.717, 1.165) is 28.8 Å². The van der Waals surface area contributed by atoms with Gasteiger partial charge in [-0.05, 0) is 25.0 Å². The fourth-order valence-electron chi connectivity index (χ4n) is 2.61. The number of amides is 1. The highest BCUT2D eigenvalue weighted by molar-refractivity contribution is 5.86. The summed E-state index contributed by atoms with van der Waals surface area (Å²) in [6.07, 6.45) is 4.04. The third-order valence-corrected chi connectivity index (χ3v) is 3.91. The Labute approximate surface area is 133 Å². The minimum atomic E-state index is -0.604. The van der Waals surface area contributed by atoms with Crippen LogP contribution >= 0.6 is 0 Å². The van der Waals surface area contributed by atoms with Gasteiger partial charge < -0.3 is 20.6 Å². The highest BCUT2D eigenvalue weighted by atomic mass is 16.2. The molecule has 0 unspecified atom stereocenters. The Morgan fingerprint density at radius 2 is 2.26 bits per heavy atom. The van der Waals surface area contributed by atoms with Crippen molar-refractivity contribution in [2.75, 3.05) is 0 Å². The van der Waals surface area contributed by atoms with Crippen molar-refractivity contribution in [1.29, 1.82) is 0 Å². The topological polar surface area (TPSA) is 102 Å². The van der Waals surface area contributed by atoms with Crippen LogP contribution in [0.3, 0.4) is 0 Å². The molecule has 0 saturated carbocycles. The Bertz CT molecular complexity index is 806. The third-order valence-electron chi connectivity index (χ3n) is 3.91. The summed E-state index contributed by atoms with van der Waals surface area (Å²) in [5.74, 6) is 0.529. The molecule has 7 heteroatoms. The van der Waals surface area contributed by atoms with Gasteiger partial charge in [0.2, 0.25) is 5.91 Å². The van der Waals surface area contributed by atoms with Crippen LogP contribution in [0.1, 0.15) is 18.3 Å². The molecule has 0 aliphatic heterocycles. The van der Waals surface area contributed by atoms with E-state index in [2.05, 4.69) is 20.5 Å². The molecule has 0 aliphatic rings. The van der Waals surface area contributed by atoms with Crippen molar-refractivity contribution in [2.24, 2.45) is 5.73 Å². The van der Waals surface area contributed by atoms with Crippen molar-refractivity contribution in [3.8, 4) is 0 Å². The van der Waals surface area contributed by atoms with Crippen molar-refractivity contribution in [1.82, 2.24) is 25.1 Å². The predicted molar refractivity (Wildman–Crippen MR) is 87.5 cm³/mol. The summed E-state index contributed by atoms with van der Waals surface area (Å²) in [7, 11) is 0. The quantitative estimate of drug-likeness (QED) is 0.631. The predicted octanol–water partition coefficient (Wildman–Crippen LogP) is 0.966. The Balaban J connectivity index is 1.61. The zero-order valence-corrected chi connectivity index (χ0v) is 13.0. The van der Waals surface area contributed by atoms with Crippen LogP contribution in [0.15, 0.2) is 36.8 Å². The number of rotatable bonds is 6. The minimum Gasteiger partial charge on any atom is -0.361 e. The number of carbonyl (C=O) groups is 1. The molecule has 0 saturated heterocycles. The number of nitrogens with two attached hydrogens (primary N) is 1. The summed E-state index contributed by atoms with van der Waals surface area (Å²) in [4.78, 5) is 15.4. The summed E-state index contributed by atoms with van der Waals surface area (Å²) in [5.41, 5.74) is 8.13. The Hall–Kier alpha value is -2.67. The van der Waals surface area contributed by atoms with Crippen molar-refractivity contribution in [3.63, 3.8) is 0 Å². The number of aromatic nitrogens is 4. The van der Waals surface area contributed by atoms with Gasteiger partial charge >= 0.3 is 0 Å². The normalized spacial score (nSPS) is 12.4. The van der Waals surface area contributed by atoms with Crippen molar-refractivity contribution < 1.29 is 4.79 Å². The second kappa shape index (κ2) is 6.62. The van der Waals surface area contributed by atoms with Gasteiger partial charge in [0.05, 0.1) is 12.6 Å². The van der Waals surface area contributed by atoms with E-state index in [9.17, 15) is 4.79 Å². The average Bonchev–Trinajstić information content (AvgIpc) is 3.19. The van der Waals surface area contributed by atoms with Crippen LogP contribution in [-0.2, 0) is 24.3 Å². The van der Waals surface area contributed by atoms with Gasteiger partial charge in [-0.1, -0.05) is 18.2 Å². The molecule has 1 amide bonds. The van der Waals surface area contributed by atoms with E-state index in [1.807, 2.05) is 42.0 Å². The summed E-state index contributed by atoms with van der Waals surface area (Å²) in [6, 6.07) is 7.37. The highest BCUT2D eigenvalue weighted by Crippen LogP contribution is 2.18. The van der Waals surface area contributed by atoms with Gasteiger partial charge in [-0.2, -0.15) is 0 Å². The molecule has 23 heavy (non-hydrogen) atoms. The number of hydrogen-bond donors (Lipinski definition) is 3. The van der Waals surface area contributed by atoms with Crippen LogP contribution in [0.25, 0.3) is 10.9 Å². The van der Waals surface area contributed by atoms with Gasteiger partial charge in [-0.3, -0.25) is 4.79 Å². The monoisotopic (exact) mass is 312 g/mol. The molecule has 7 nitrogen and oxygen atoms in total. The van der Waals surface area contributed by atoms with Crippen LogP contribution in [0.4, 0.5) is 0 Å². The van der Waals surface area contributed by atoms with Crippen LogP contribution in [0.5, 0.6) is 0 Å². The number of nitrogens with one attached hydrogen (secondary N) is 2. The smallest absolute Gasteiger partial charge is 0.237 e. The van der Waals surface area contributed by atoms with E-state index in [-0.39, 0.29) is 5.91 Å². The zero-order valence-electron chi connectivity index (χ0n) is 13.0. The molecule has 0 aliphatic carbocycles. The standard InChI is InChI=1S/C16H20N6O/c1-2-22-10-20-21-15(22)9-19-16(23)13(17)7-11-8-18-14-6-4-3-5-12(11)14/h3-6,8,10,13,18H,2,7,9,17H2,1H3,(H,19,23)/t13-/m0/s1. The Kier molecular flexibility index (Phi) is 4.38. The Morgan fingerprint density at radius 1 is 1.43 bits per heavy atom. The van der Waals surface area contributed by atoms with E-state index in [4.69, 9.17) is 5.73 Å². The molecule has 3 aromatic rings. The maximum absolute atomic E-state index is 12.2. The molecule has 2 aromatic heterocycles. The van der Waals surface area contributed by atoms with E-state index in [1.54, 1.807) is 6.33 Å².